The fourth-order valence-corrected chi connectivity index (χ4v) is 2.94. The molecule has 0 aromatic rings. The maximum atomic E-state index is 13.3. The highest BCUT2D eigenvalue weighted by atomic mass is 19.3. The second-order valence-electron chi connectivity index (χ2n) is 4.80. The quantitative estimate of drug-likeness (QED) is 0.553. The highest BCUT2D eigenvalue weighted by Crippen LogP contribution is 2.83. The summed E-state index contributed by atoms with van der Waals surface area (Å²) in [6.45, 7) is 5.52. The van der Waals surface area contributed by atoms with Crippen LogP contribution in [0.5, 0.6) is 0 Å². The van der Waals surface area contributed by atoms with E-state index in [1.165, 1.54) is 0 Å². The predicted octanol–water partition coefficient (Wildman–Crippen LogP) is 3.08. The first-order chi connectivity index (χ1) is 4.86. The number of rotatable bonds is 1. The van der Waals surface area contributed by atoms with Gasteiger partial charge in [-0.1, -0.05) is 20.8 Å². The minimum atomic E-state index is -2.37. The van der Waals surface area contributed by atoms with Crippen LogP contribution in [0.3, 0.4) is 0 Å². The van der Waals surface area contributed by atoms with E-state index in [1.807, 2.05) is 13.8 Å². The first kappa shape index (κ1) is 7.51. The molecule has 11 heavy (non-hydrogen) atoms. The minimum Gasteiger partial charge on any atom is -0.206 e. The Kier molecular flexibility index (Phi) is 1.01. The molecule has 0 saturated heterocycles. The zero-order valence-corrected chi connectivity index (χ0v) is 7.25. The molecule has 2 bridgehead atoms. The van der Waals surface area contributed by atoms with Gasteiger partial charge in [0.2, 0.25) is 0 Å². The molecule has 0 N–H and O–H groups in total. The van der Waals surface area contributed by atoms with Crippen LogP contribution in [0.25, 0.3) is 0 Å². The maximum absolute atomic E-state index is 13.3. The molecule has 0 unspecified atom stereocenters. The summed E-state index contributed by atoms with van der Waals surface area (Å²) >= 11 is 0. The third kappa shape index (κ3) is 0.474. The molecule has 0 aliphatic heterocycles. The van der Waals surface area contributed by atoms with Crippen molar-refractivity contribution >= 4 is 0 Å². The number of hydrogen-bond donors (Lipinski definition) is 0. The van der Waals surface area contributed by atoms with Crippen molar-refractivity contribution in [2.75, 3.05) is 0 Å². The molecule has 3 saturated carbocycles. The highest BCUT2D eigenvalue weighted by Gasteiger charge is 2.86. The molecule has 0 nitrogen and oxygen atoms in total. The monoisotopic (exact) mass is 160 g/mol. The van der Waals surface area contributed by atoms with Gasteiger partial charge in [-0.15, -0.1) is 0 Å². The van der Waals surface area contributed by atoms with Crippen LogP contribution in [0.1, 0.15) is 33.6 Å². The van der Waals surface area contributed by atoms with Crippen LogP contribution in [0.4, 0.5) is 8.78 Å². The second-order valence-corrected chi connectivity index (χ2v) is 4.80. The molecule has 0 radical (unpaired) electrons. The molecule has 3 rings (SSSR count). The summed E-state index contributed by atoms with van der Waals surface area (Å²) in [5.41, 5.74) is -1.24. The van der Waals surface area contributed by atoms with Crippen molar-refractivity contribution in [2.45, 2.75) is 39.5 Å². The molecular weight excluding hydrogens is 146 g/mol. The average molecular weight is 160 g/mol. The van der Waals surface area contributed by atoms with E-state index in [0.717, 1.165) is 12.8 Å². The lowest BCUT2D eigenvalue weighted by Crippen LogP contribution is -2.79. The summed E-state index contributed by atoms with van der Waals surface area (Å²) in [4.78, 5) is 0. The Morgan fingerprint density at radius 1 is 1.18 bits per heavy atom. The minimum absolute atomic E-state index is 0.138. The van der Waals surface area contributed by atoms with Crippen LogP contribution in [0.15, 0.2) is 0 Å². The molecule has 0 heterocycles. The summed E-state index contributed by atoms with van der Waals surface area (Å²) in [7, 11) is 0. The third-order valence-electron chi connectivity index (χ3n) is 3.90. The summed E-state index contributed by atoms with van der Waals surface area (Å²) < 4.78 is 26.5. The zero-order chi connectivity index (χ0) is 8.49. The molecule has 3 aliphatic rings. The Bertz CT molecular complexity index is 200. The molecule has 64 valence electrons. The van der Waals surface area contributed by atoms with Crippen molar-refractivity contribution in [3.63, 3.8) is 0 Å². The van der Waals surface area contributed by atoms with E-state index < -0.39 is 16.8 Å². The first-order valence-corrected chi connectivity index (χ1v) is 4.24. The number of hydrogen-bond acceptors (Lipinski definition) is 0. The molecule has 0 atom stereocenters. The van der Waals surface area contributed by atoms with Crippen molar-refractivity contribution in [1.82, 2.24) is 0 Å². The molecule has 0 aromatic carbocycles. The summed E-state index contributed by atoms with van der Waals surface area (Å²) in [6, 6.07) is 0. The van der Waals surface area contributed by atoms with E-state index in [-0.39, 0.29) is 5.92 Å². The van der Waals surface area contributed by atoms with Gasteiger partial charge in [0.05, 0.1) is 0 Å². The third-order valence-corrected chi connectivity index (χ3v) is 3.90. The molecule has 3 fully saturated rings. The molecule has 0 aromatic heterocycles. The Balaban J connectivity index is 2.26. The van der Waals surface area contributed by atoms with Gasteiger partial charge in [0, 0.05) is 10.8 Å². The lowest BCUT2D eigenvalue weighted by Gasteiger charge is -2.76. The van der Waals surface area contributed by atoms with E-state index in [4.69, 9.17) is 0 Å². The van der Waals surface area contributed by atoms with Gasteiger partial charge in [0.25, 0.3) is 5.92 Å². The summed E-state index contributed by atoms with van der Waals surface area (Å²) in [5, 5.41) is 0. The van der Waals surface area contributed by atoms with Gasteiger partial charge in [0.15, 0.2) is 0 Å². The van der Waals surface area contributed by atoms with Crippen LogP contribution < -0.4 is 0 Å². The van der Waals surface area contributed by atoms with Crippen LogP contribution in [-0.2, 0) is 0 Å². The summed E-state index contributed by atoms with van der Waals surface area (Å²) in [6.07, 6.45) is 1.48. The molecule has 3 aliphatic carbocycles. The summed E-state index contributed by atoms with van der Waals surface area (Å²) in [5.74, 6) is -2.23. The zero-order valence-electron chi connectivity index (χ0n) is 7.25. The fraction of sp³-hybridized carbons (Fsp3) is 1.00. The number of alkyl halides is 2. The van der Waals surface area contributed by atoms with E-state index in [1.54, 1.807) is 6.92 Å². The highest BCUT2D eigenvalue weighted by molar-refractivity contribution is 5.27. The maximum Gasteiger partial charge on any atom is 0.259 e. The molecular formula is C9H14F2. The largest absolute Gasteiger partial charge is 0.259 e. The van der Waals surface area contributed by atoms with Crippen LogP contribution in [0.2, 0.25) is 0 Å². The SMILES string of the molecule is CC(C)C12CC(C)(C1)C2(F)F. The molecule has 0 amide bonds. The van der Waals surface area contributed by atoms with Gasteiger partial charge in [-0.05, 0) is 18.8 Å². The average Bonchev–Trinajstić information content (AvgIpc) is 1.81. The Morgan fingerprint density at radius 3 is 1.73 bits per heavy atom. The Hall–Kier alpha value is -0.140. The molecule has 0 spiro atoms. The van der Waals surface area contributed by atoms with E-state index in [2.05, 4.69) is 0 Å². The van der Waals surface area contributed by atoms with E-state index in [9.17, 15) is 8.78 Å². The lowest BCUT2D eigenvalue weighted by molar-refractivity contribution is -0.420. The fourth-order valence-electron chi connectivity index (χ4n) is 2.94. The van der Waals surface area contributed by atoms with Crippen molar-refractivity contribution in [1.29, 1.82) is 0 Å². The standard InChI is InChI=1S/C9H14F2/c1-6(2)8-4-7(3,5-8)9(8,10)11/h6H,4-5H2,1-3H3. The normalized spacial score (nSPS) is 51.8. The van der Waals surface area contributed by atoms with Crippen LogP contribution in [0, 0.1) is 16.7 Å². The van der Waals surface area contributed by atoms with Crippen LogP contribution in [-0.4, -0.2) is 5.92 Å². The van der Waals surface area contributed by atoms with Crippen molar-refractivity contribution in [3.05, 3.63) is 0 Å². The predicted molar refractivity (Wildman–Crippen MR) is 39.6 cm³/mol. The Morgan fingerprint density at radius 2 is 1.64 bits per heavy atom. The smallest absolute Gasteiger partial charge is 0.206 e. The van der Waals surface area contributed by atoms with Gasteiger partial charge in [-0.2, -0.15) is 0 Å². The van der Waals surface area contributed by atoms with Gasteiger partial charge >= 0.3 is 0 Å². The van der Waals surface area contributed by atoms with Crippen molar-refractivity contribution in [3.8, 4) is 0 Å². The van der Waals surface area contributed by atoms with Crippen molar-refractivity contribution < 1.29 is 8.78 Å². The topological polar surface area (TPSA) is 0 Å². The van der Waals surface area contributed by atoms with Gasteiger partial charge in [-0.25, -0.2) is 8.78 Å². The van der Waals surface area contributed by atoms with E-state index in [0.29, 0.717) is 0 Å². The Labute approximate surface area is 66.0 Å². The number of halogens is 2. The first-order valence-electron chi connectivity index (χ1n) is 4.24. The van der Waals surface area contributed by atoms with Gasteiger partial charge in [-0.3, -0.25) is 0 Å². The van der Waals surface area contributed by atoms with Gasteiger partial charge in [0.1, 0.15) is 0 Å². The van der Waals surface area contributed by atoms with E-state index >= 15 is 0 Å². The molecule has 2 heteroatoms. The van der Waals surface area contributed by atoms with Crippen molar-refractivity contribution in [2.24, 2.45) is 16.7 Å². The second kappa shape index (κ2) is 1.48. The van der Waals surface area contributed by atoms with Crippen LogP contribution >= 0.6 is 0 Å². The lowest BCUT2D eigenvalue weighted by atomic mass is 9.30. The van der Waals surface area contributed by atoms with Gasteiger partial charge < -0.3 is 0 Å².